The molecular weight excluding hydrogens is 384 g/mol. The first-order valence-electron chi connectivity index (χ1n) is 9.93. The monoisotopic (exact) mass is 410 g/mol. The number of urea groups is 1. The third-order valence-corrected chi connectivity index (χ3v) is 5.35. The van der Waals surface area contributed by atoms with E-state index >= 15 is 0 Å². The summed E-state index contributed by atoms with van der Waals surface area (Å²) in [4.78, 5) is 12.5. The Morgan fingerprint density at radius 1 is 1.00 bits per heavy atom. The molecule has 0 spiro atoms. The molecule has 0 radical (unpaired) electrons. The highest BCUT2D eigenvalue weighted by atomic mass is 16.6. The maximum absolute atomic E-state index is 12.5. The highest BCUT2D eigenvalue weighted by Crippen LogP contribution is 2.32. The molecule has 7 heteroatoms. The third-order valence-electron chi connectivity index (χ3n) is 5.35. The van der Waals surface area contributed by atoms with Crippen molar-refractivity contribution in [3.05, 3.63) is 60.2 Å². The SMILES string of the molecule is COc1cc(NC(=O)N[C@H]2COC3C2OC[C@H]3/C=C\c2ccccc2)cc(OC)c1. The van der Waals surface area contributed by atoms with Gasteiger partial charge in [-0.1, -0.05) is 42.5 Å². The maximum Gasteiger partial charge on any atom is 0.319 e. The Morgan fingerprint density at radius 2 is 1.70 bits per heavy atom. The lowest BCUT2D eigenvalue weighted by molar-refractivity contribution is 0.0662. The van der Waals surface area contributed by atoms with Crippen molar-refractivity contribution < 1.29 is 23.7 Å². The first-order valence-corrected chi connectivity index (χ1v) is 9.93. The Balaban J connectivity index is 1.34. The van der Waals surface area contributed by atoms with Crippen LogP contribution in [0.4, 0.5) is 10.5 Å². The summed E-state index contributed by atoms with van der Waals surface area (Å²) in [6.07, 6.45) is 3.99. The second-order valence-corrected chi connectivity index (χ2v) is 7.34. The van der Waals surface area contributed by atoms with Crippen molar-refractivity contribution in [2.45, 2.75) is 18.2 Å². The normalized spacial score (nSPS) is 25.1. The van der Waals surface area contributed by atoms with Gasteiger partial charge in [0.1, 0.15) is 17.6 Å². The number of ether oxygens (including phenoxy) is 4. The maximum atomic E-state index is 12.5. The number of carbonyl (C=O) groups is 1. The molecule has 2 saturated heterocycles. The van der Waals surface area contributed by atoms with E-state index in [1.165, 1.54) is 0 Å². The Labute approximate surface area is 176 Å². The fraction of sp³-hybridized carbons (Fsp3) is 0.348. The fourth-order valence-electron chi connectivity index (χ4n) is 3.83. The molecule has 2 fully saturated rings. The molecule has 4 atom stereocenters. The average Bonchev–Trinajstić information content (AvgIpc) is 3.35. The van der Waals surface area contributed by atoms with Gasteiger partial charge >= 0.3 is 6.03 Å². The molecule has 2 aliphatic heterocycles. The Morgan fingerprint density at radius 3 is 2.40 bits per heavy atom. The predicted molar refractivity (Wildman–Crippen MR) is 114 cm³/mol. The van der Waals surface area contributed by atoms with E-state index in [1.807, 2.05) is 18.2 Å². The average molecular weight is 410 g/mol. The van der Waals surface area contributed by atoms with E-state index in [4.69, 9.17) is 18.9 Å². The van der Waals surface area contributed by atoms with Gasteiger partial charge in [-0.15, -0.1) is 0 Å². The zero-order chi connectivity index (χ0) is 20.9. The standard InChI is InChI=1S/C23H26N2O5/c1-27-18-10-17(11-19(12-18)28-2)24-23(26)25-20-14-30-21-16(13-29-22(20)21)9-8-15-6-4-3-5-7-15/h3-12,16,20-22H,13-14H2,1-2H3,(H2,24,25,26)/b9-8-/t16-,20+,21?,22?/m1/s1. The van der Waals surface area contributed by atoms with E-state index in [2.05, 4.69) is 34.9 Å². The summed E-state index contributed by atoms with van der Waals surface area (Å²) in [7, 11) is 3.13. The zero-order valence-electron chi connectivity index (χ0n) is 17.0. The zero-order valence-corrected chi connectivity index (χ0v) is 17.0. The van der Waals surface area contributed by atoms with E-state index < -0.39 is 0 Å². The number of nitrogens with one attached hydrogen (secondary N) is 2. The molecule has 0 aromatic heterocycles. The summed E-state index contributed by atoms with van der Waals surface area (Å²) in [5.74, 6) is 1.36. The Hall–Kier alpha value is -3.03. The van der Waals surface area contributed by atoms with Gasteiger partial charge in [-0.3, -0.25) is 0 Å². The molecule has 7 nitrogen and oxygen atoms in total. The molecule has 2 heterocycles. The van der Waals surface area contributed by atoms with E-state index in [1.54, 1.807) is 32.4 Å². The fourth-order valence-corrected chi connectivity index (χ4v) is 3.83. The topological polar surface area (TPSA) is 78.1 Å². The second-order valence-electron chi connectivity index (χ2n) is 7.34. The van der Waals surface area contributed by atoms with E-state index in [0.717, 1.165) is 5.56 Å². The molecular formula is C23H26N2O5. The van der Waals surface area contributed by atoms with Gasteiger partial charge in [-0.05, 0) is 5.56 Å². The van der Waals surface area contributed by atoms with Crippen molar-refractivity contribution in [1.82, 2.24) is 5.32 Å². The Bertz CT molecular complexity index is 879. The van der Waals surface area contributed by atoms with Crippen molar-refractivity contribution in [2.75, 3.05) is 32.8 Å². The highest BCUT2D eigenvalue weighted by Gasteiger charge is 2.47. The lowest BCUT2D eigenvalue weighted by Gasteiger charge is -2.18. The highest BCUT2D eigenvalue weighted by molar-refractivity contribution is 5.90. The number of carbonyl (C=O) groups excluding carboxylic acids is 1. The van der Waals surface area contributed by atoms with E-state index in [0.29, 0.717) is 30.4 Å². The van der Waals surface area contributed by atoms with Gasteiger partial charge in [0.05, 0.1) is 39.6 Å². The van der Waals surface area contributed by atoms with Gasteiger partial charge in [-0.25, -0.2) is 4.79 Å². The molecule has 0 saturated carbocycles. The van der Waals surface area contributed by atoms with Crippen LogP contribution in [0.1, 0.15) is 5.56 Å². The molecule has 2 unspecified atom stereocenters. The number of hydrogen-bond donors (Lipinski definition) is 2. The van der Waals surface area contributed by atoms with Crippen LogP contribution in [0.3, 0.4) is 0 Å². The molecule has 2 aromatic carbocycles. The summed E-state index contributed by atoms with van der Waals surface area (Å²) in [6, 6.07) is 14.8. The summed E-state index contributed by atoms with van der Waals surface area (Å²) >= 11 is 0. The van der Waals surface area contributed by atoms with Crippen LogP contribution in [0.5, 0.6) is 11.5 Å². The van der Waals surface area contributed by atoms with Crippen molar-refractivity contribution in [3.8, 4) is 11.5 Å². The van der Waals surface area contributed by atoms with Crippen molar-refractivity contribution in [2.24, 2.45) is 5.92 Å². The van der Waals surface area contributed by atoms with Gasteiger partial charge in [0.15, 0.2) is 0 Å². The van der Waals surface area contributed by atoms with Gasteiger partial charge < -0.3 is 29.6 Å². The van der Waals surface area contributed by atoms with Crippen LogP contribution >= 0.6 is 0 Å². The first-order chi connectivity index (χ1) is 14.7. The van der Waals surface area contributed by atoms with Gasteiger partial charge in [0.2, 0.25) is 0 Å². The van der Waals surface area contributed by atoms with Gasteiger partial charge in [-0.2, -0.15) is 0 Å². The molecule has 2 aliphatic rings. The van der Waals surface area contributed by atoms with Crippen LogP contribution in [0.2, 0.25) is 0 Å². The number of rotatable bonds is 6. The molecule has 0 aliphatic carbocycles. The molecule has 2 amide bonds. The van der Waals surface area contributed by atoms with Crippen LogP contribution in [-0.4, -0.2) is 51.7 Å². The number of benzene rings is 2. The van der Waals surface area contributed by atoms with Crippen LogP contribution < -0.4 is 20.1 Å². The van der Waals surface area contributed by atoms with Crippen molar-refractivity contribution >= 4 is 17.8 Å². The molecule has 2 N–H and O–H groups in total. The second kappa shape index (κ2) is 9.19. The lowest BCUT2D eigenvalue weighted by atomic mass is 9.99. The minimum Gasteiger partial charge on any atom is -0.497 e. The number of hydrogen-bond acceptors (Lipinski definition) is 5. The third kappa shape index (κ3) is 4.58. The summed E-state index contributed by atoms with van der Waals surface area (Å²) in [5.41, 5.74) is 1.72. The first kappa shape index (κ1) is 20.3. The van der Waals surface area contributed by atoms with Crippen LogP contribution in [0, 0.1) is 5.92 Å². The predicted octanol–water partition coefficient (Wildman–Crippen LogP) is 3.32. The van der Waals surface area contributed by atoms with Gasteiger partial charge in [0.25, 0.3) is 0 Å². The molecule has 30 heavy (non-hydrogen) atoms. The lowest BCUT2D eigenvalue weighted by Crippen LogP contribution is -2.45. The number of anilines is 1. The molecule has 4 rings (SSSR count). The summed E-state index contributed by atoms with van der Waals surface area (Å²) in [5, 5.41) is 5.78. The summed E-state index contributed by atoms with van der Waals surface area (Å²) in [6.45, 7) is 0.991. The van der Waals surface area contributed by atoms with E-state index in [-0.39, 0.29) is 30.2 Å². The quantitative estimate of drug-likeness (QED) is 0.764. The minimum atomic E-state index is -0.327. The van der Waals surface area contributed by atoms with E-state index in [9.17, 15) is 4.79 Å². The van der Waals surface area contributed by atoms with Crippen LogP contribution in [0.25, 0.3) is 6.08 Å². The number of fused-ring (bicyclic) bond motifs is 1. The summed E-state index contributed by atoms with van der Waals surface area (Å²) < 4.78 is 22.4. The van der Waals surface area contributed by atoms with Crippen LogP contribution in [-0.2, 0) is 9.47 Å². The molecule has 0 bridgehead atoms. The number of methoxy groups -OCH3 is 2. The van der Waals surface area contributed by atoms with Crippen molar-refractivity contribution in [3.63, 3.8) is 0 Å². The minimum absolute atomic E-state index is 0.0628. The van der Waals surface area contributed by atoms with Crippen molar-refractivity contribution in [1.29, 1.82) is 0 Å². The number of amides is 2. The largest absolute Gasteiger partial charge is 0.497 e. The molecule has 2 aromatic rings. The smallest absolute Gasteiger partial charge is 0.319 e. The van der Waals surface area contributed by atoms with Crippen LogP contribution in [0.15, 0.2) is 54.6 Å². The Kier molecular flexibility index (Phi) is 6.21. The molecule has 158 valence electrons. The van der Waals surface area contributed by atoms with Gasteiger partial charge in [0, 0.05) is 29.8 Å².